The third-order valence-electron chi connectivity index (χ3n) is 2.89. The maximum Gasteiger partial charge on any atom is 0.253 e. The number of hydrogen-bond acceptors (Lipinski definition) is 4. The van der Waals surface area contributed by atoms with E-state index in [1.807, 2.05) is 0 Å². The van der Waals surface area contributed by atoms with E-state index < -0.39 is 10.0 Å². The van der Waals surface area contributed by atoms with Crippen LogP contribution in [0.2, 0.25) is 0 Å². The number of amides is 1. The molecule has 1 heterocycles. The van der Waals surface area contributed by atoms with Gasteiger partial charge in [-0.1, -0.05) is 24.3 Å². The second-order valence-electron chi connectivity index (χ2n) is 4.75. The predicted octanol–water partition coefficient (Wildman–Crippen LogP) is 0.0934. The van der Waals surface area contributed by atoms with E-state index in [1.54, 1.807) is 24.3 Å². The lowest BCUT2D eigenvalue weighted by Crippen LogP contribution is -2.23. The van der Waals surface area contributed by atoms with E-state index in [4.69, 9.17) is 5.14 Å². The Morgan fingerprint density at radius 3 is 2.27 bits per heavy atom. The van der Waals surface area contributed by atoms with Crippen molar-refractivity contribution < 1.29 is 13.2 Å². The van der Waals surface area contributed by atoms with Gasteiger partial charge in [0.15, 0.2) is 0 Å². The Hall–Kier alpha value is -2.45. The number of aromatic amines is 1. The molecule has 0 radical (unpaired) electrons. The van der Waals surface area contributed by atoms with Crippen LogP contribution in [0, 0.1) is 0 Å². The van der Waals surface area contributed by atoms with Crippen molar-refractivity contribution in [2.45, 2.75) is 12.3 Å². The summed E-state index contributed by atoms with van der Waals surface area (Å²) in [4.78, 5) is 25.2. The van der Waals surface area contributed by atoms with E-state index in [0.29, 0.717) is 11.1 Å². The maximum absolute atomic E-state index is 11.9. The first-order chi connectivity index (χ1) is 10.3. The smallest absolute Gasteiger partial charge is 0.253 e. The van der Waals surface area contributed by atoms with Crippen LogP contribution >= 0.6 is 0 Å². The first kappa shape index (κ1) is 15.9. The number of carbonyl (C=O) groups excluding carboxylic acids is 1. The highest BCUT2D eigenvalue weighted by molar-refractivity contribution is 7.88. The molecule has 2 rings (SSSR count). The molecule has 0 saturated heterocycles. The summed E-state index contributed by atoms with van der Waals surface area (Å²) < 4.78 is 22.0. The molecular formula is C14H15N3O4S. The molecule has 0 bridgehead atoms. The van der Waals surface area contributed by atoms with E-state index in [-0.39, 0.29) is 23.8 Å². The van der Waals surface area contributed by atoms with Gasteiger partial charge in [-0.25, -0.2) is 13.6 Å². The average Bonchev–Trinajstić information content (AvgIpc) is 2.45. The summed E-state index contributed by atoms with van der Waals surface area (Å²) >= 11 is 0. The van der Waals surface area contributed by atoms with Crippen LogP contribution in [0.25, 0.3) is 0 Å². The van der Waals surface area contributed by atoms with Gasteiger partial charge in [0.05, 0.1) is 11.3 Å². The highest BCUT2D eigenvalue weighted by Gasteiger charge is 2.07. The molecule has 1 aromatic heterocycles. The summed E-state index contributed by atoms with van der Waals surface area (Å²) in [5, 5.41) is 7.67. The Morgan fingerprint density at radius 1 is 1.09 bits per heavy atom. The molecule has 4 N–H and O–H groups in total. The van der Waals surface area contributed by atoms with E-state index in [0.717, 1.165) is 5.56 Å². The van der Waals surface area contributed by atoms with Crippen molar-refractivity contribution in [3.05, 3.63) is 69.6 Å². The molecule has 0 aliphatic heterocycles. The van der Waals surface area contributed by atoms with Crippen molar-refractivity contribution in [1.82, 2.24) is 10.3 Å². The van der Waals surface area contributed by atoms with Gasteiger partial charge in [-0.2, -0.15) is 0 Å². The molecule has 0 atom stereocenters. The summed E-state index contributed by atoms with van der Waals surface area (Å²) in [5.74, 6) is -0.540. The molecule has 0 unspecified atom stereocenters. The van der Waals surface area contributed by atoms with Gasteiger partial charge in [-0.05, 0) is 17.2 Å². The maximum atomic E-state index is 11.9. The first-order valence-corrected chi connectivity index (χ1v) is 8.10. The Balaban J connectivity index is 1.95. The number of rotatable bonds is 5. The highest BCUT2D eigenvalue weighted by Crippen LogP contribution is 2.07. The number of H-pyrrole nitrogens is 1. The van der Waals surface area contributed by atoms with Crippen LogP contribution in [0.5, 0.6) is 0 Å². The van der Waals surface area contributed by atoms with E-state index in [9.17, 15) is 18.0 Å². The number of benzene rings is 1. The molecule has 1 amide bonds. The Morgan fingerprint density at radius 2 is 1.73 bits per heavy atom. The van der Waals surface area contributed by atoms with Crippen molar-refractivity contribution in [3.63, 3.8) is 0 Å². The molecular weight excluding hydrogens is 306 g/mol. The quantitative estimate of drug-likeness (QED) is 0.722. The number of pyridine rings is 1. The SMILES string of the molecule is NS(=O)(=O)Cc1ccc(CNC(=O)c2ccc(=O)[nH]c2)cc1. The van der Waals surface area contributed by atoms with Gasteiger partial charge in [0.25, 0.3) is 5.91 Å². The van der Waals surface area contributed by atoms with Crippen LogP contribution in [0.15, 0.2) is 47.4 Å². The number of aromatic nitrogens is 1. The monoisotopic (exact) mass is 321 g/mol. The summed E-state index contributed by atoms with van der Waals surface area (Å²) in [6.07, 6.45) is 1.34. The minimum Gasteiger partial charge on any atom is -0.348 e. The van der Waals surface area contributed by atoms with Gasteiger partial charge in [0.1, 0.15) is 0 Å². The number of nitrogens with two attached hydrogens (primary N) is 1. The van der Waals surface area contributed by atoms with Crippen LogP contribution in [-0.4, -0.2) is 19.3 Å². The van der Waals surface area contributed by atoms with Crippen LogP contribution < -0.4 is 16.0 Å². The molecule has 0 spiro atoms. The van der Waals surface area contributed by atoms with E-state index >= 15 is 0 Å². The third kappa shape index (κ3) is 4.83. The zero-order chi connectivity index (χ0) is 16.2. The number of sulfonamides is 1. The molecule has 7 nitrogen and oxygen atoms in total. The van der Waals surface area contributed by atoms with Crippen LogP contribution in [0.4, 0.5) is 0 Å². The summed E-state index contributed by atoms with van der Waals surface area (Å²) in [6.45, 7) is 0.285. The van der Waals surface area contributed by atoms with Crippen molar-refractivity contribution >= 4 is 15.9 Å². The molecule has 8 heteroatoms. The fraction of sp³-hybridized carbons (Fsp3) is 0.143. The van der Waals surface area contributed by atoms with Crippen LogP contribution in [-0.2, 0) is 22.3 Å². The minimum absolute atomic E-state index is 0.225. The number of primary sulfonamides is 1. The largest absolute Gasteiger partial charge is 0.348 e. The third-order valence-corrected chi connectivity index (χ3v) is 3.63. The topological polar surface area (TPSA) is 122 Å². The molecule has 1 aromatic carbocycles. The van der Waals surface area contributed by atoms with Crippen molar-refractivity contribution in [3.8, 4) is 0 Å². The summed E-state index contributed by atoms with van der Waals surface area (Å²) in [5.41, 5.74) is 1.47. The fourth-order valence-corrected chi connectivity index (χ4v) is 2.48. The Bertz CT molecular complexity index is 805. The van der Waals surface area contributed by atoms with Gasteiger partial charge >= 0.3 is 0 Å². The lowest BCUT2D eigenvalue weighted by atomic mass is 10.1. The molecule has 0 aliphatic rings. The van der Waals surface area contributed by atoms with Gasteiger partial charge in [0, 0.05) is 18.8 Å². The van der Waals surface area contributed by atoms with Gasteiger partial charge in [-0.3, -0.25) is 9.59 Å². The van der Waals surface area contributed by atoms with Crippen molar-refractivity contribution in [2.24, 2.45) is 5.14 Å². The van der Waals surface area contributed by atoms with Gasteiger partial charge in [-0.15, -0.1) is 0 Å². The number of hydrogen-bond donors (Lipinski definition) is 3. The standard InChI is InChI=1S/C14H15N3O4S/c15-22(20,21)9-11-3-1-10(2-4-11)7-17-14(19)12-5-6-13(18)16-8-12/h1-6,8H,7,9H2,(H,16,18)(H,17,19)(H2,15,20,21). The lowest BCUT2D eigenvalue weighted by Gasteiger charge is -2.06. The highest BCUT2D eigenvalue weighted by atomic mass is 32.2. The number of nitrogens with one attached hydrogen (secondary N) is 2. The zero-order valence-electron chi connectivity index (χ0n) is 11.6. The lowest BCUT2D eigenvalue weighted by molar-refractivity contribution is 0.0950. The van der Waals surface area contributed by atoms with Crippen LogP contribution in [0.1, 0.15) is 21.5 Å². The molecule has 0 saturated carbocycles. The molecule has 0 fully saturated rings. The van der Waals surface area contributed by atoms with Crippen LogP contribution in [0.3, 0.4) is 0 Å². The molecule has 0 aliphatic carbocycles. The predicted molar refractivity (Wildman–Crippen MR) is 81.5 cm³/mol. The second-order valence-corrected chi connectivity index (χ2v) is 6.36. The normalized spacial score (nSPS) is 11.1. The Labute approximate surface area is 127 Å². The van der Waals surface area contributed by atoms with Crippen molar-refractivity contribution in [1.29, 1.82) is 0 Å². The van der Waals surface area contributed by atoms with E-state index in [2.05, 4.69) is 10.3 Å². The van der Waals surface area contributed by atoms with Gasteiger partial charge in [0.2, 0.25) is 15.6 Å². The second kappa shape index (κ2) is 6.54. The average molecular weight is 321 g/mol. The van der Waals surface area contributed by atoms with Gasteiger partial charge < -0.3 is 10.3 Å². The summed E-state index contributed by atoms with van der Waals surface area (Å²) in [7, 11) is -3.55. The molecule has 22 heavy (non-hydrogen) atoms. The van der Waals surface area contributed by atoms with Crippen molar-refractivity contribution in [2.75, 3.05) is 0 Å². The number of carbonyl (C=O) groups is 1. The zero-order valence-corrected chi connectivity index (χ0v) is 12.4. The molecule has 116 valence electrons. The first-order valence-electron chi connectivity index (χ1n) is 6.39. The minimum atomic E-state index is -3.55. The summed E-state index contributed by atoms with van der Waals surface area (Å²) in [6, 6.07) is 9.43. The molecule has 2 aromatic rings. The fourth-order valence-electron chi connectivity index (χ4n) is 1.82. The Kier molecular flexibility index (Phi) is 4.74. The van der Waals surface area contributed by atoms with E-state index in [1.165, 1.54) is 18.3 Å².